The number of phenolic OH excluding ortho intramolecular Hbond substituents is 3. The smallest absolute Gasteiger partial charge is 0.162 e. The first kappa shape index (κ1) is 18.0. The average molecular weight is 362 g/mol. The molecular formula is C21H18N2O4. The van der Waals surface area contributed by atoms with Gasteiger partial charge >= 0.3 is 0 Å². The number of rotatable bonds is 5. The van der Waals surface area contributed by atoms with Crippen molar-refractivity contribution >= 4 is 23.8 Å². The topological polar surface area (TPSA) is 94.6 Å². The highest BCUT2D eigenvalue weighted by molar-refractivity contribution is 5.90. The molecule has 0 fully saturated rings. The van der Waals surface area contributed by atoms with Gasteiger partial charge < -0.3 is 20.1 Å². The third-order valence-corrected chi connectivity index (χ3v) is 3.83. The monoisotopic (exact) mass is 362 g/mol. The molecule has 0 amide bonds. The largest absolute Gasteiger partial charge is 0.507 e. The van der Waals surface area contributed by atoms with Gasteiger partial charge in [-0.25, -0.2) is 0 Å². The van der Waals surface area contributed by atoms with Gasteiger partial charge in [0, 0.05) is 35.7 Å². The van der Waals surface area contributed by atoms with Crippen molar-refractivity contribution in [3.63, 3.8) is 0 Å². The van der Waals surface area contributed by atoms with E-state index in [-0.39, 0.29) is 23.0 Å². The number of para-hydroxylation sites is 2. The Bertz CT molecular complexity index is 1010. The quantitative estimate of drug-likeness (QED) is 0.589. The number of benzene rings is 3. The van der Waals surface area contributed by atoms with E-state index in [1.165, 1.54) is 25.6 Å². The molecule has 0 heterocycles. The number of phenols is 3. The van der Waals surface area contributed by atoms with Crippen LogP contribution in [0.2, 0.25) is 0 Å². The second-order valence-corrected chi connectivity index (χ2v) is 5.65. The lowest BCUT2D eigenvalue weighted by Gasteiger charge is -2.07. The van der Waals surface area contributed by atoms with Gasteiger partial charge in [-0.1, -0.05) is 24.3 Å². The molecule has 3 N–H and O–H groups in total. The van der Waals surface area contributed by atoms with E-state index in [0.29, 0.717) is 22.5 Å². The zero-order valence-electron chi connectivity index (χ0n) is 14.6. The molecule has 0 aromatic heterocycles. The van der Waals surface area contributed by atoms with Crippen molar-refractivity contribution in [2.45, 2.75) is 0 Å². The molecule has 0 atom stereocenters. The molecule has 0 aliphatic heterocycles. The van der Waals surface area contributed by atoms with Crippen LogP contribution in [0.5, 0.6) is 23.0 Å². The molecule has 3 aromatic rings. The molecule has 136 valence electrons. The van der Waals surface area contributed by atoms with Crippen molar-refractivity contribution < 1.29 is 20.1 Å². The molecule has 3 rings (SSSR count). The van der Waals surface area contributed by atoms with Gasteiger partial charge in [0.05, 0.1) is 18.5 Å². The maximum Gasteiger partial charge on any atom is 0.162 e. The summed E-state index contributed by atoms with van der Waals surface area (Å²) >= 11 is 0. The summed E-state index contributed by atoms with van der Waals surface area (Å²) < 4.78 is 5.13. The summed E-state index contributed by atoms with van der Waals surface area (Å²) in [6.45, 7) is 0. The van der Waals surface area contributed by atoms with Gasteiger partial charge in [-0.3, -0.25) is 9.98 Å². The summed E-state index contributed by atoms with van der Waals surface area (Å²) in [6.07, 6.45) is 2.98. The van der Waals surface area contributed by atoms with Crippen LogP contribution in [0.25, 0.3) is 0 Å². The van der Waals surface area contributed by atoms with Crippen molar-refractivity contribution in [3.8, 4) is 23.0 Å². The molecule has 27 heavy (non-hydrogen) atoms. The van der Waals surface area contributed by atoms with E-state index in [9.17, 15) is 15.3 Å². The van der Waals surface area contributed by atoms with Crippen LogP contribution < -0.4 is 4.74 Å². The zero-order valence-corrected chi connectivity index (χ0v) is 14.6. The molecule has 3 aromatic carbocycles. The lowest BCUT2D eigenvalue weighted by molar-refractivity contribution is 0.374. The Morgan fingerprint density at radius 3 is 1.67 bits per heavy atom. The lowest BCUT2D eigenvalue weighted by Crippen LogP contribution is -1.86. The Balaban J connectivity index is 2.01. The highest BCUT2D eigenvalue weighted by Gasteiger charge is 2.09. The number of aliphatic imine (C=N–C) groups is 2. The van der Waals surface area contributed by atoms with Crippen LogP contribution in [-0.2, 0) is 0 Å². The van der Waals surface area contributed by atoms with Gasteiger partial charge in [0.1, 0.15) is 11.5 Å². The maximum absolute atomic E-state index is 10.1. The Morgan fingerprint density at radius 2 is 1.19 bits per heavy atom. The maximum atomic E-state index is 10.1. The third-order valence-electron chi connectivity index (χ3n) is 3.83. The predicted molar refractivity (Wildman–Crippen MR) is 105 cm³/mol. The normalized spacial score (nSPS) is 11.3. The second-order valence-electron chi connectivity index (χ2n) is 5.65. The number of nitrogens with zero attached hydrogens (tertiary/aromatic N) is 2. The van der Waals surface area contributed by atoms with Crippen LogP contribution >= 0.6 is 0 Å². The molecule has 0 unspecified atom stereocenters. The molecule has 0 radical (unpaired) electrons. The van der Waals surface area contributed by atoms with Gasteiger partial charge in [0.15, 0.2) is 11.5 Å². The van der Waals surface area contributed by atoms with E-state index in [0.717, 1.165) is 0 Å². The van der Waals surface area contributed by atoms with Crippen LogP contribution in [-0.4, -0.2) is 34.9 Å². The summed E-state index contributed by atoms with van der Waals surface area (Å²) in [7, 11) is 1.44. The minimum Gasteiger partial charge on any atom is -0.507 e. The Hall–Kier alpha value is -3.80. The van der Waals surface area contributed by atoms with E-state index in [2.05, 4.69) is 9.98 Å². The highest BCUT2D eigenvalue weighted by Crippen LogP contribution is 2.39. The van der Waals surface area contributed by atoms with E-state index >= 15 is 0 Å². The van der Waals surface area contributed by atoms with Gasteiger partial charge in [-0.2, -0.15) is 0 Å². The van der Waals surface area contributed by atoms with Crippen molar-refractivity contribution in [1.29, 1.82) is 0 Å². The van der Waals surface area contributed by atoms with E-state index in [1.807, 2.05) is 0 Å². The fourth-order valence-corrected chi connectivity index (χ4v) is 2.39. The van der Waals surface area contributed by atoms with Crippen LogP contribution in [0, 0.1) is 0 Å². The van der Waals surface area contributed by atoms with Gasteiger partial charge in [0.2, 0.25) is 0 Å². The number of methoxy groups -OCH3 is 1. The fourth-order valence-electron chi connectivity index (χ4n) is 2.39. The van der Waals surface area contributed by atoms with E-state index in [4.69, 9.17) is 4.74 Å². The lowest BCUT2D eigenvalue weighted by atomic mass is 10.2. The van der Waals surface area contributed by atoms with Crippen molar-refractivity contribution in [1.82, 2.24) is 0 Å². The molecule has 0 spiro atoms. The molecule has 0 aliphatic carbocycles. The average Bonchev–Trinajstić information content (AvgIpc) is 2.67. The number of aromatic hydroxyl groups is 3. The zero-order chi connectivity index (χ0) is 19.2. The van der Waals surface area contributed by atoms with Gasteiger partial charge in [0.25, 0.3) is 0 Å². The summed E-state index contributed by atoms with van der Waals surface area (Å²) in [5.41, 5.74) is 1.88. The third kappa shape index (κ3) is 4.24. The van der Waals surface area contributed by atoms with Crippen molar-refractivity contribution in [2.24, 2.45) is 9.98 Å². The number of hydrogen-bond donors (Lipinski definition) is 3. The van der Waals surface area contributed by atoms with Crippen molar-refractivity contribution in [2.75, 3.05) is 7.11 Å². The summed E-state index contributed by atoms with van der Waals surface area (Å²) in [5.74, 6) is 0.369. The minimum absolute atomic E-state index is 0.0801. The first-order valence-electron chi connectivity index (χ1n) is 8.13. The second kappa shape index (κ2) is 8.05. The molecule has 6 heteroatoms. The summed E-state index contributed by atoms with van der Waals surface area (Å²) in [4.78, 5) is 8.70. The summed E-state index contributed by atoms with van der Waals surface area (Å²) in [6, 6.07) is 16.5. The minimum atomic E-state index is -0.0801. The molecule has 0 saturated carbocycles. The fraction of sp³-hybridized carbons (Fsp3) is 0.0476. The first-order valence-corrected chi connectivity index (χ1v) is 8.13. The molecule has 0 aliphatic rings. The molecular weight excluding hydrogens is 344 g/mol. The molecule has 0 bridgehead atoms. The van der Waals surface area contributed by atoms with Crippen LogP contribution in [0.4, 0.5) is 11.4 Å². The van der Waals surface area contributed by atoms with Gasteiger partial charge in [-0.15, -0.1) is 0 Å². The highest BCUT2D eigenvalue weighted by atomic mass is 16.5. The van der Waals surface area contributed by atoms with Crippen LogP contribution in [0.3, 0.4) is 0 Å². The standard InChI is InChI=1S/C21H18N2O4/c1-27-21-11-17(23-13-15-7-3-5-9-19(15)25)16(10-20(21)26)22-12-14-6-2-4-8-18(14)24/h2-13,24-26H,1H3. The number of ether oxygens (including phenoxy) is 1. The number of hydrogen-bond acceptors (Lipinski definition) is 6. The van der Waals surface area contributed by atoms with Crippen molar-refractivity contribution in [3.05, 3.63) is 71.8 Å². The predicted octanol–water partition coefficient (Wildman–Crippen LogP) is 4.31. The first-order chi connectivity index (χ1) is 13.1. The SMILES string of the molecule is COc1cc(N=Cc2ccccc2O)c(N=Cc2ccccc2O)cc1O. The Labute approximate surface area is 156 Å². The van der Waals surface area contributed by atoms with Crippen LogP contribution in [0.1, 0.15) is 11.1 Å². The molecule has 6 nitrogen and oxygen atoms in total. The van der Waals surface area contributed by atoms with Gasteiger partial charge in [-0.05, 0) is 24.3 Å². The Morgan fingerprint density at radius 1 is 0.704 bits per heavy atom. The van der Waals surface area contributed by atoms with Crippen LogP contribution in [0.15, 0.2) is 70.6 Å². The summed E-state index contributed by atoms with van der Waals surface area (Å²) in [5, 5.41) is 29.8. The van der Waals surface area contributed by atoms with E-state index < -0.39 is 0 Å². The Kier molecular flexibility index (Phi) is 5.37. The molecule has 0 saturated heterocycles. The van der Waals surface area contributed by atoms with E-state index in [1.54, 1.807) is 54.6 Å².